The molecule has 0 saturated carbocycles. The van der Waals surface area contributed by atoms with Gasteiger partial charge in [-0.2, -0.15) is 0 Å². The van der Waals surface area contributed by atoms with Crippen LogP contribution in [-0.4, -0.2) is 0 Å². The molecule has 1 radical (unpaired) electrons. The van der Waals surface area contributed by atoms with Crippen LogP contribution >= 0.6 is 0 Å². The number of benzene rings is 1. The zero-order valence-corrected chi connectivity index (χ0v) is 7.75. The van der Waals surface area contributed by atoms with Gasteiger partial charge in [-0.1, -0.05) is 56.8 Å². The summed E-state index contributed by atoms with van der Waals surface area (Å²) in [6, 6.07) is 10.4. The van der Waals surface area contributed by atoms with Crippen LogP contribution in [0.5, 0.6) is 0 Å². The minimum absolute atomic E-state index is 0.0986. The van der Waals surface area contributed by atoms with Crippen molar-refractivity contribution in [3.8, 4) is 0 Å². The van der Waals surface area contributed by atoms with Crippen molar-refractivity contribution >= 4 is 0 Å². The van der Waals surface area contributed by atoms with Gasteiger partial charge in [0, 0.05) is 0 Å². The van der Waals surface area contributed by atoms with Crippen molar-refractivity contribution in [1.29, 1.82) is 0 Å². The van der Waals surface area contributed by atoms with Gasteiger partial charge < -0.3 is 0 Å². The lowest BCUT2D eigenvalue weighted by atomic mass is 9.86. The van der Waals surface area contributed by atoms with Crippen molar-refractivity contribution in [2.75, 3.05) is 0 Å². The summed E-state index contributed by atoms with van der Waals surface area (Å²) < 4.78 is 0. The van der Waals surface area contributed by atoms with Crippen LogP contribution < -0.4 is 0 Å². The first-order valence-corrected chi connectivity index (χ1v) is 4.24. The Kier molecular flexibility index (Phi) is 2.69. The molecule has 1 rings (SSSR count). The van der Waals surface area contributed by atoms with Crippen LogP contribution in [0.2, 0.25) is 0 Å². The molecule has 63 valence electrons. The van der Waals surface area contributed by atoms with Crippen LogP contribution in [0.1, 0.15) is 19.4 Å². The second-order valence-electron chi connectivity index (χ2n) is 3.82. The minimum atomic E-state index is 0.0986. The SMILES string of the molecule is [CH]=CC(C)(C)Cc1ccccc1. The average Bonchev–Trinajstić information content (AvgIpc) is 2.06. The van der Waals surface area contributed by atoms with E-state index < -0.39 is 0 Å². The maximum Gasteiger partial charge on any atom is -0.0131 e. The lowest BCUT2D eigenvalue weighted by Gasteiger charge is -2.19. The maximum atomic E-state index is 5.53. The molecule has 1 aromatic carbocycles. The largest absolute Gasteiger partial charge is 0.0785 e. The molecule has 0 bridgehead atoms. The molecule has 0 fully saturated rings. The molecule has 0 heterocycles. The first-order valence-electron chi connectivity index (χ1n) is 4.24. The quantitative estimate of drug-likeness (QED) is 0.635. The van der Waals surface area contributed by atoms with Gasteiger partial charge >= 0.3 is 0 Å². The molecular weight excluding hydrogens is 144 g/mol. The number of hydrogen-bond donors (Lipinski definition) is 0. The lowest BCUT2D eigenvalue weighted by molar-refractivity contribution is 0.478. The van der Waals surface area contributed by atoms with Gasteiger partial charge in [-0.05, 0) is 17.4 Å². The zero-order chi connectivity index (χ0) is 9.03. The zero-order valence-electron chi connectivity index (χ0n) is 7.75. The Hall–Kier alpha value is -1.04. The Balaban J connectivity index is 2.70. The number of allylic oxidation sites excluding steroid dienone is 1. The Morgan fingerprint density at radius 2 is 1.83 bits per heavy atom. The van der Waals surface area contributed by atoms with E-state index in [1.54, 1.807) is 6.08 Å². The van der Waals surface area contributed by atoms with E-state index in [2.05, 4.69) is 38.1 Å². The lowest BCUT2D eigenvalue weighted by Crippen LogP contribution is -2.10. The molecule has 0 aliphatic rings. The molecule has 0 atom stereocenters. The van der Waals surface area contributed by atoms with Gasteiger partial charge in [0.1, 0.15) is 0 Å². The van der Waals surface area contributed by atoms with E-state index in [-0.39, 0.29) is 5.41 Å². The molecule has 0 aliphatic carbocycles. The Morgan fingerprint density at radius 3 is 2.33 bits per heavy atom. The first kappa shape index (κ1) is 9.05. The van der Waals surface area contributed by atoms with E-state index in [0.29, 0.717) is 0 Å². The highest BCUT2D eigenvalue weighted by Crippen LogP contribution is 2.22. The molecule has 0 amide bonds. The summed E-state index contributed by atoms with van der Waals surface area (Å²) in [5.41, 5.74) is 1.44. The third-order valence-electron chi connectivity index (χ3n) is 1.95. The van der Waals surface area contributed by atoms with Gasteiger partial charge in [-0.3, -0.25) is 0 Å². The van der Waals surface area contributed by atoms with Crippen molar-refractivity contribution < 1.29 is 0 Å². The van der Waals surface area contributed by atoms with Gasteiger partial charge in [-0.15, -0.1) is 0 Å². The molecule has 0 N–H and O–H groups in total. The number of hydrogen-bond acceptors (Lipinski definition) is 0. The number of rotatable bonds is 3. The summed E-state index contributed by atoms with van der Waals surface area (Å²) in [5.74, 6) is 0. The van der Waals surface area contributed by atoms with Crippen LogP contribution in [0.15, 0.2) is 36.4 Å². The monoisotopic (exact) mass is 159 g/mol. The normalized spacial score (nSPS) is 11.2. The minimum Gasteiger partial charge on any atom is -0.0785 e. The third-order valence-corrected chi connectivity index (χ3v) is 1.95. The van der Waals surface area contributed by atoms with E-state index in [1.807, 2.05) is 6.07 Å². The summed E-state index contributed by atoms with van der Waals surface area (Å²) in [4.78, 5) is 0. The van der Waals surface area contributed by atoms with Crippen LogP contribution in [0, 0.1) is 12.0 Å². The van der Waals surface area contributed by atoms with E-state index >= 15 is 0 Å². The van der Waals surface area contributed by atoms with Crippen LogP contribution in [-0.2, 0) is 6.42 Å². The first-order chi connectivity index (χ1) is 5.64. The summed E-state index contributed by atoms with van der Waals surface area (Å²) in [5, 5.41) is 0. The van der Waals surface area contributed by atoms with E-state index in [1.165, 1.54) is 5.56 Å². The van der Waals surface area contributed by atoms with Crippen molar-refractivity contribution in [2.45, 2.75) is 20.3 Å². The van der Waals surface area contributed by atoms with E-state index in [4.69, 9.17) is 6.58 Å². The van der Waals surface area contributed by atoms with Gasteiger partial charge in [0.05, 0.1) is 0 Å². The van der Waals surface area contributed by atoms with Crippen molar-refractivity contribution in [3.05, 3.63) is 48.6 Å². The molecule has 0 aromatic heterocycles. The highest BCUT2D eigenvalue weighted by molar-refractivity contribution is 5.17. The van der Waals surface area contributed by atoms with E-state index in [9.17, 15) is 0 Å². The Bertz CT molecular complexity index is 244. The van der Waals surface area contributed by atoms with Crippen molar-refractivity contribution in [1.82, 2.24) is 0 Å². The molecule has 0 unspecified atom stereocenters. The second-order valence-corrected chi connectivity index (χ2v) is 3.82. The molecule has 0 aliphatic heterocycles. The van der Waals surface area contributed by atoms with Gasteiger partial charge in [0.25, 0.3) is 0 Å². The summed E-state index contributed by atoms with van der Waals surface area (Å²) in [7, 11) is 0. The fraction of sp³-hybridized carbons (Fsp3) is 0.333. The molecule has 0 spiro atoms. The van der Waals surface area contributed by atoms with E-state index in [0.717, 1.165) is 6.42 Å². The molecule has 0 heteroatoms. The standard InChI is InChI=1S/C12H15/c1-4-12(2,3)10-11-8-6-5-7-9-11/h1,4-9H,10H2,2-3H3. The fourth-order valence-electron chi connectivity index (χ4n) is 1.18. The van der Waals surface area contributed by atoms with Crippen LogP contribution in [0.3, 0.4) is 0 Å². The Morgan fingerprint density at radius 1 is 1.25 bits per heavy atom. The average molecular weight is 159 g/mol. The maximum absolute atomic E-state index is 5.53. The van der Waals surface area contributed by atoms with Gasteiger partial charge in [-0.25, -0.2) is 0 Å². The summed E-state index contributed by atoms with van der Waals surface area (Å²) in [6.45, 7) is 9.81. The van der Waals surface area contributed by atoms with Crippen LogP contribution in [0.4, 0.5) is 0 Å². The Labute approximate surface area is 74.9 Å². The molecule has 12 heavy (non-hydrogen) atoms. The van der Waals surface area contributed by atoms with Crippen LogP contribution in [0.25, 0.3) is 0 Å². The fourth-order valence-corrected chi connectivity index (χ4v) is 1.18. The second kappa shape index (κ2) is 3.57. The highest BCUT2D eigenvalue weighted by atomic mass is 14.2. The molecular formula is C12H15. The predicted octanol–water partition coefficient (Wildman–Crippen LogP) is 3.24. The van der Waals surface area contributed by atoms with Crippen molar-refractivity contribution in [3.63, 3.8) is 0 Å². The third kappa shape index (κ3) is 2.54. The molecule has 0 nitrogen and oxygen atoms in total. The molecule has 0 saturated heterocycles. The predicted molar refractivity (Wildman–Crippen MR) is 52.8 cm³/mol. The van der Waals surface area contributed by atoms with Crippen molar-refractivity contribution in [2.24, 2.45) is 5.41 Å². The summed E-state index contributed by atoms with van der Waals surface area (Å²) in [6.07, 6.45) is 2.77. The topological polar surface area (TPSA) is 0 Å². The van der Waals surface area contributed by atoms with Gasteiger partial charge in [0.2, 0.25) is 0 Å². The van der Waals surface area contributed by atoms with Gasteiger partial charge in [0.15, 0.2) is 0 Å². The summed E-state index contributed by atoms with van der Waals surface area (Å²) >= 11 is 0. The smallest absolute Gasteiger partial charge is 0.0131 e. The highest BCUT2D eigenvalue weighted by Gasteiger charge is 2.12. The molecule has 1 aromatic rings.